The third kappa shape index (κ3) is 2.63. The van der Waals surface area contributed by atoms with Gasteiger partial charge in [-0.15, -0.1) is 0 Å². The third-order valence-electron chi connectivity index (χ3n) is 4.29. The van der Waals surface area contributed by atoms with Crippen LogP contribution in [0.2, 0.25) is 0 Å². The summed E-state index contributed by atoms with van der Waals surface area (Å²) in [4.78, 5) is 9.23. The Kier molecular flexibility index (Phi) is 3.61. The molecule has 5 aromatic rings. The van der Waals surface area contributed by atoms with E-state index >= 15 is 0 Å². The SMILES string of the molecule is Fc1ccc(Nc2c(-c3ccncc3F)nc3sc4ccccc4n23)cc1. The molecule has 3 aromatic heterocycles. The normalized spacial score (nSPS) is 11.3. The fourth-order valence-electron chi connectivity index (χ4n) is 3.06. The van der Waals surface area contributed by atoms with Gasteiger partial charge in [-0.3, -0.25) is 9.38 Å². The van der Waals surface area contributed by atoms with E-state index in [-0.39, 0.29) is 5.82 Å². The van der Waals surface area contributed by atoms with Crippen molar-refractivity contribution in [3.63, 3.8) is 0 Å². The van der Waals surface area contributed by atoms with Crippen molar-refractivity contribution in [3.05, 3.63) is 78.6 Å². The number of nitrogens with zero attached hydrogens (tertiary/aromatic N) is 3. The number of para-hydroxylation sites is 1. The molecule has 27 heavy (non-hydrogen) atoms. The number of imidazole rings is 1. The third-order valence-corrected chi connectivity index (χ3v) is 5.31. The van der Waals surface area contributed by atoms with Crippen LogP contribution in [0.25, 0.3) is 26.4 Å². The number of benzene rings is 2. The maximum Gasteiger partial charge on any atom is 0.197 e. The standard InChI is InChI=1S/C20H12F2N4S/c21-12-5-7-13(8-6-12)24-19-18(14-9-10-23-11-15(14)22)25-20-26(19)16-3-1-2-4-17(16)27-20/h1-11,24H. The van der Waals surface area contributed by atoms with Gasteiger partial charge in [-0.1, -0.05) is 23.5 Å². The second-order valence-corrected chi connectivity index (χ2v) is 6.99. The van der Waals surface area contributed by atoms with Crippen LogP contribution >= 0.6 is 11.3 Å². The number of hydrogen-bond donors (Lipinski definition) is 1. The fraction of sp³-hybridized carbons (Fsp3) is 0. The lowest BCUT2D eigenvalue weighted by atomic mass is 10.2. The number of pyridine rings is 1. The monoisotopic (exact) mass is 378 g/mol. The molecule has 7 heteroatoms. The summed E-state index contributed by atoms with van der Waals surface area (Å²) in [6.07, 6.45) is 2.70. The quantitative estimate of drug-likeness (QED) is 0.442. The maximum absolute atomic E-state index is 14.4. The highest BCUT2D eigenvalue weighted by Gasteiger charge is 2.20. The Labute approximate surface area is 156 Å². The largest absolute Gasteiger partial charge is 0.339 e. The minimum absolute atomic E-state index is 0.319. The van der Waals surface area contributed by atoms with Crippen LogP contribution in [0, 0.1) is 11.6 Å². The van der Waals surface area contributed by atoms with Crippen LogP contribution in [-0.2, 0) is 0 Å². The van der Waals surface area contributed by atoms with Gasteiger partial charge in [0.15, 0.2) is 10.8 Å². The molecule has 0 bridgehead atoms. The van der Waals surface area contributed by atoms with Gasteiger partial charge in [0.2, 0.25) is 0 Å². The van der Waals surface area contributed by atoms with Gasteiger partial charge >= 0.3 is 0 Å². The van der Waals surface area contributed by atoms with Crippen molar-refractivity contribution in [1.82, 2.24) is 14.4 Å². The van der Waals surface area contributed by atoms with Gasteiger partial charge in [-0.05, 0) is 42.5 Å². The van der Waals surface area contributed by atoms with E-state index in [0.29, 0.717) is 22.8 Å². The summed E-state index contributed by atoms with van der Waals surface area (Å²) in [5, 5.41) is 3.28. The summed E-state index contributed by atoms with van der Waals surface area (Å²) in [6, 6.07) is 15.5. The van der Waals surface area contributed by atoms with E-state index in [2.05, 4.69) is 15.3 Å². The van der Waals surface area contributed by atoms with Crippen LogP contribution in [0.5, 0.6) is 0 Å². The first kappa shape index (κ1) is 15.9. The van der Waals surface area contributed by atoms with Gasteiger partial charge in [0.1, 0.15) is 17.3 Å². The molecule has 0 radical (unpaired) electrons. The van der Waals surface area contributed by atoms with Gasteiger partial charge in [-0.25, -0.2) is 13.8 Å². The lowest BCUT2D eigenvalue weighted by molar-refractivity contribution is 0.624. The van der Waals surface area contributed by atoms with Gasteiger partial charge in [0, 0.05) is 17.4 Å². The molecule has 2 aromatic carbocycles. The summed E-state index contributed by atoms with van der Waals surface area (Å²) in [7, 11) is 0. The first-order valence-corrected chi connectivity index (χ1v) is 9.05. The van der Waals surface area contributed by atoms with Crippen molar-refractivity contribution in [1.29, 1.82) is 0 Å². The topological polar surface area (TPSA) is 42.2 Å². The average molecular weight is 378 g/mol. The van der Waals surface area contributed by atoms with Crippen LogP contribution in [-0.4, -0.2) is 14.4 Å². The first-order chi connectivity index (χ1) is 13.2. The van der Waals surface area contributed by atoms with Crippen molar-refractivity contribution in [2.45, 2.75) is 0 Å². The predicted molar refractivity (Wildman–Crippen MR) is 103 cm³/mol. The Morgan fingerprint density at radius 1 is 0.963 bits per heavy atom. The Hall–Kier alpha value is -3.32. The molecule has 0 atom stereocenters. The molecule has 132 valence electrons. The maximum atomic E-state index is 14.4. The first-order valence-electron chi connectivity index (χ1n) is 8.23. The molecule has 0 amide bonds. The number of thiazole rings is 1. The molecule has 0 spiro atoms. The van der Waals surface area contributed by atoms with Crippen LogP contribution in [0.3, 0.4) is 0 Å². The molecular weight excluding hydrogens is 366 g/mol. The summed E-state index contributed by atoms with van der Waals surface area (Å²) < 4.78 is 30.7. The van der Waals surface area contributed by atoms with Crippen molar-refractivity contribution in [2.24, 2.45) is 0 Å². The molecule has 0 aliphatic rings. The molecule has 0 aliphatic heterocycles. The summed E-state index contributed by atoms with van der Waals surface area (Å²) in [5.74, 6) is -0.144. The zero-order chi connectivity index (χ0) is 18.4. The number of nitrogens with one attached hydrogen (secondary N) is 1. The minimum Gasteiger partial charge on any atom is -0.339 e. The smallest absolute Gasteiger partial charge is 0.197 e. The molecule has 0 unspecified atom stereocenters. The Morgan fingerprint density at radius 2 is 1.78 bits per heavy atom. The van der Waals surface area contributed by atoms with Crippen LogP contribution < -0.4 is 5.32 Å². The summed E-state index contributed by atoms with van der Waals surface area (Å²) >= 11 is 1.52. The van der Waals surface area contributed by atoms with Gasteiger partial charge in [-0.2, -0.15) is 0 Å². The van der Waals surface area contributed by atoms with Gasteiger partial charge < -0.3 is 5.32 Å². The average Bonchev–Trinajstić information content (AvgIpc) is 3.21. The van der Waals surface area contributed by atoms with E-state index in [9.17, 15) is 8.78 Å². The Bertz CT molecular complexity index is 1270. The number of hydrogen-bond acceptors (Lipinski definition) is 4. The van der Waals surface area contributed by atoms with E-state index in [1.807, 2.05) is 28.7 Å². The highest BCUT2D eigenvalue weighted by molar-refractivity contribution is 7.23. The number of aromatic nitrogens is 3. The van der Waals surface area contributed by atoms with Crippen LogP contribution in [0.4, 0.5) is 20.3 Å². The van der Waals surface area contributed by atoms with Crippen LogP contribution in [0.15, 0.2) is 67.0 Å². The molecule has 0 saturated heterocycles. The second-order valence-electron chi connectivity index (χ2n) is 5.98. The van der Waals surface area contributed by atoms with E-state index in [1.54, 1.807) is 18.2 Å². The Morgan fingerprint density at radius 3 is 2.59 bits per heavy atom. The minimum atomic E-state index is -0.449. The van der Waals surface area contributed by atoms with Crippen molar-refractivity contribution >= 4 is 38.0 Å². The fourth-order valence-corrected chi connectivity index (χ4v) is 4.08. The molecule has 3 heterocycles. The number of fused-ring (bicyclic) bond motifs is 3. The molecule has 1 N–H and O–H groups in total. The second kappa shape index (κ2) is 6.14. The van der Waals surface area contributed by atoms with E-state index in [4.69, 9.17) is 0 Å². The predicted octanol–water partition coefficient (Wildman–Crippen LogP) is 5.63. The zero-order valence-corrected chi connectivity index (χ0v) is 14.7. The molecule has 5 rings (SSSR count). The van der Waals surface area contributed by atoms with Crippen molar-refractivity contribution in [2.75, 3.05) is 5.32 Å². The van der Waals surface area contributed by atoms with Crippen molar-refractivity contribution in [3.8, 4) is 11.3 Å². The summed E-state index contributed by atoms with van der Waals surface area (Å²) in [6.45, 7) is 0. The zero-order valence-electron chi connectivity index (χ0n) is 13.9. The molecule has 0 fully saturated rings. The van der Waals surface area contributed by atoms with Gasteiger partial charge in [0.05, 0.1) is 16.4 Å². The summed E-state index contributed by atoms with van der Waals surface area (Å²) in [5.41, 5.74) is 2.49. The number of rotatable bonds is 3. The van der Waals surface area contributed by atoms with Gasteiger partial charge in [0.25, 0.3) is 0 Å². The molecule has 0 saturated carbocycles. The van der Waals surface area contributed by atoms with E-state index in [0.717, 1.165) is 15.2 Å². The highest BCUT2D eigenvalue weighted by atomic mass is 32.1. The molecule has 4 nitrogen and oxygen atoms in total. The number of anilines is 2. The molecular formula is C20H12F2N4S. The van der Waals surface area contributed by atoms with Crippen LogP contribution in [0.1, 0.15) is 0 Å². The lowest BCUT2D eigenvalue weighted by Gasteiger charge is -2.09. The highest BCUT2D eigenvalue weighted by Crippen LogP contribution is 2.37. The van der Waals surface area contributed by atoms with E-state index in [1.165, 1.54) is 35.9 Å². The Balaban J connectivity index is 1.79. The lowest BCUT2D eigenvalue weighted by Crippen LogP contribution is -1.98. The van der Waals surface area contributed by atoms with Crippen molar-refractivity contribution < 1.29 is 8.78 Å². The molecule has 0 aliphatic carbocycles. The van der Waals surface area contributed by atoms with E-state index < -0.39 is 5.82 Å². The number of halogens is 2.